The second-order valence-corrected chi connectivity index (χ2v) is 8.15. The van der Waals surface area contributed by atoms with E-state index in [4.69, 9.17) is 9.15 Å². The molecule has 0 atom stereocenters. The lowest BCUT2D eigenvalue weighted by Crippen LogP contribution is -2.29. The van der Waals surface area contributed by atoms with E-state index in [1.807, 2.05) is 37.3 Å². The zero-order valence-electron chi connectivity index (χ0n) is 18.1. The number of hydrogen-bond acceptors (Lipinski definition) is 7. The van der Waals surface area contributed by atoms with Gasteiger partial charge in [0.2, 0.25) is 0 Å². The van der Waals surface area contributed by atoms with Crippen LogP contribution in [0.25, 0.3) is 17.4 Å². The quantitative estimate of drug-likeness (QED) is 0.247. The number of amides is 1. The van der Waals surface area contributed by atoms with Crippen LogP contribution in [0, 0.1) is 10.1 Å². The van der Waals surface area contributed by atoms with Crippen LogP contribution in [-0.4, -0.2) is 34.6 Å². The van der Waals surface area contributed by atoms with E-state index in [9.17, 15) is 14.9 Å². The summed E-state index contributed by atoms with van der Waals surface area (Å²) in [6.45, 7) is 2.56. The fourth-order valence-electron chi connectivity index (χ4n) is 3.33. The maximum atomic E-state index is 13.0. The predicted octanol–water partition coefficient (Wildman–Crippen LogP) is 5.88. The molecule has 1 saturated heterocycles. The van der Waals surface area contributed by atoms with E-state index in [2.05, 4.69) is 4.99 Å². The van der Waals surface area contributed by atoms with Gasteiger partial charge in [-0.2, -0.15) is 0 Å². The average molecular weight is 464 g/mol. The highest BCUT2D eigenvalue weighted by molar-refractivity contribution is 8.18. The minimum Gasteiger partial charge on any atom is -0.496 e. The first-order valence-corrected chi connectivity index (χ1v) is 11.1. The highest BCUT2D eigenvalue weighted by Crippen LogP contribution is 2.37. The number of amidine groups is 1. The molecule has 4 rings (SSSR count). The van der Waals surface area contributed by atoms with Gasteiger partial charge in [-0.05, 0) is 48.5 Å². The molecule has 2 heterocycles. The Labute approximate surface area is 194 Å². The van der Waals surface area contributed by atoms with Gasteiger partial charge in [-0.3, -0.25) is 19.8 Å². The second kappa shape index (κ2) is 9.74. The van der Waals surface area contributed by atoms with Crippen LogP contribution in [0.15, 0.2) is 75.0 Å². The summed E-state index contributed by atoms with van der Waals surface area (Å²) in [4.78, 5) is 30.5. The Kier molecular flexibility index (Phi) is 6.60. The van der Waals surface area contributed by atoms with Crippen LogP contribution in [0.2, 0.25) is 0 Å². The minimum absolute atomic E-state index is 0.0689. The Balaban J connectivity index is 1.65. The maximum Gasteiger partial charge on any atom is 0.270 e. The molecule has 3 aromatic rings. The molecule has 9 heteroatoms. The van der Waals surface area contributed by atoms with Gasteiger partial charge in [0.1, 0.15) is 17.3 Å². The zero-order chi connectivity index (χ0) is 23.4. The van der Waals surface area contributed by atoms with Crippen molar-refractivity contribution in [2.45, 2.75) is 13.3 Å². The van der Waals surface area contributed by atoms with Crippen LogP contribution >= 0.6 is 11.8 Å². The molecule has 0 saturated carbocycles. The van der Waals surface area contributed by atoms with E-state index in [1.165, 1.54) is 37.1 Å². The molecule has 8 nitrogen and oxygen atoms in total. The number of carbonyl (C=O) groups excluding carboxylic acids is 1. The van der Waals surface area contributed by atoms with Crippen molar-refractivity contribution in [1.29, 1.82) is 0 Å². The number of non-ortho nitro benzene ring substituents is 1. The number of para-hydroxylation sites is 1. The summed E-state index contributed by atoms with van der Waals surface area (Å²) in [5.41, 5.74) is 1.16. The van der Waals surface area contributed by atoms with Crippen LogP contribution in [0.5, 0.6) is 5.75 Å². The van der Waals surface area contributed by atoms with Crippen molar-refractivity contribution < 1.29 is 18.9 Å². The molecule has 0 bridgehead atoms. The molecule has 0 N–H and O–H groups in total. The normalized spacial score (nSPS) is 16.1. The van der Waals surface area contributed by atoms with Gasteiger partial charge >= 0.3 is 0 Å². The summed E-state index contributed by atoms with van der Waals surface area (Å²) in [5, 5.41) is 11.8. The number of thioether (sulfide) groups is 1. The topological polar surface area (TPSA) is 98.2 Å². The Morgan fingerprint density at radius 2 is 1.97 bits per heavy atom. The number of ether oxygens (including phenoxy) is 1. The summed E-state index contributed by atoms with van der Waals surface area (Å²) in [5.74, 6) is 1.17. The van der Waals surface area contributed by atoms with Crippen molar-refractivity contribution in [3.63, 3.8) is 0 Å². The summed E-state index contributed by atoms with van der Waals surface area (Å²) in [6, 6.07) is 17.2. The number of nitro groups is 1. The van der Waals surface area contributed by atoms with Gasteiger partial charge in [-0.25, -0.2) is 4.99 Å². The highest BCUT2D eigenvalue weighted by Gasteiger charge is 2.33. The highest BCUT2D eigenvalue weighted by atomic mass is 32.2. The van der Waals surface area contributed by atoms with Crippen LogP contribution in [0.3, 0.4) is 0 Å². The smallest absolute Gasteiger partial charge is 0.270 e. The first-order chi connectivity index (χ1) is 16.0. The summed E-state index contributed by atoms with van der Waals surface area (Å²) in [7, 11) is 1.49. The first-order valence-electron chi connectivity index (χ1n) is 10.3. The summed E-state index contributed by atoms with van der Waals surface area (Å²) >= 11 is 1.29. The van der Waals surface area contributed by atoms with E-state index in [1.54, 1.807) is 23.1 Å². The number of carbonyl (C=O) groups is 1. The van der Waals surface area contributed by atoms with Gasteiger partial charge in [0.05, 0.1) is 28.2 Å². The van der Waals surface area contributed by atoms with E-state index in [0.717, 1.165) is 12.1 Å². The third-order valence-corrected chi connectivity index (χ3v) is 5.88. The lowest BCUT2D eigenvalue weighted by Gasteiger charge is -2.13. The number of nitrogens with zero attached hydrogens (tertiary/aromatic N) is 3. The van der Waals surface area contributed by atoms with Gasteiger partial charge in [-0.15, -0.1) is 0 Å². The molecule has 0 aliphatic carbocycles. The van der Waals surface area contributed by atoms with Crippen molar-refractivity contribution in [3.8, 4) is 17.1 Å². The molecule has 1 aliphatic heterocycles. The Morgan fingerprint density at radius 3 is 2.67 bits per heavy atom. The zero-order valence-corrected chi connectivity index (χ0v) is 18.9. The fraction of sp³-hybridized carbons (Fsp3) is 0.167. The Morgan fingerprint density at radius 1 is 1.18 bits per heavy atom. The van der Waals surface area contributed by atoms with E-state index >= 15 is 0 Å². The molecule has 2 aromatic carbocycles. The average Bonchev–Trinajstić information content (AvgIpc) is 3.40. The molecule has 1 aliphatic rings. The maximum absolute atomic E-state index is 13.0. The van der Waals surface area contributed by atoms with Gasteiger partial charge in [-0.1, -0.05) is 25.1 Å². The van der Waals surface area contributed by atoms with Gasteiger partial charge < -0.3 is 9.15 Å². The van der Waals surface area contributed by atoms with Crippen molar-refractivity contribution in [2.24, 2.45) is 4.99 Å². The number of nitro benzene ring substituents is 1. The molecule has 168 valence electrons. The van der Waals surface area contributed by atoms with Crippen molar-refractivity contribution >= 4 is 40.3 Å². The van der Waals surface area contributed by atoms with Crippen LogP contribution in [-0.2, 0) is 4.79 Å². The largest absolute Gasteiger partial charge is 0.496 e. The van der Waals surface area contributed by atoms with Crippen LogP contribution in [0.1, 0.15) is 19.1 Å². The monoisotopic (exact) mass is 463 g/mol. The standard InChI is InChI=1S/C24H21N3O5S/c1-3-13-26-23(28)22(33-24(26)25-16-7-5-4-6-8-16)15-18-10-12-21(32-18)19-14-17(27(29)30)9-11-20(19)31-2/h4-12,14-15H,3,13H2,1-2H3/b22-15+,25-24?. The summed E-state index contributed by atoms with van der Waals surface area (Å²) < 4.78 is 11.2. The minimum atomic E-state index is -0.474. The van der Waals surface area contributed by atoms with Crippen LogP contribution in [0.4, 0.5) is 11.4 Å². The number of rotatable bonds is 7. The molecule has 0 spiro atoms. The lowest BCUT2D eigenvalue weighted by atomic mass is 10.1. The van der Waals surface area contributed by atoms with Crippen LogP contribution < -0.4 is 4.74 Å². The predicted molar refractivity (Wildman–Crippen MR) is 128 cm³/mol. The molecule has 33 heavy (non-hydrogen) atoms. The summed E-state index contributed by atoms with van der Waals surface area (Å²) in [6.07, 6.45) is 2.46. The third-order valence-electron chi connectivity index (χ3n) is 4.88. The fourth-order valence-corrected chi connectivity index (χ4v) is 4.34. The first kappa shape index (κ1) is 22.3. The van der Waals surface area contributed by atoms with E-state index in [-0.39, 0.29) is 11.6 Å². The SMILES string of the molecule is CCCN1C(=O)/C(=C\c2ccc(-c3cc([N+](=O)[O-])ccc3OC)o2)SC1=Nc1ccccc1. The lowest BCUT2D eigenvalue weighted by molar-refractivity contribution is -0.384. The van der Waals surface area contributed by atoms with Gasteiger partial charge in [0, 0.05) is 24.8 Å². The molecular weight excluding hydrogens is 442 g/mol. The number of hydrogen-bond donors (Lipinski definition) is 0. The molecule has 0 radical (unpaired) electrons. The molecule has 1 fully saturated rings. The molecule has 0 unspecified atom stereocenters. The van der Waals surface area contributed by atoms with Gasteiger partial charge in [0.25, 0.3) is 11.6 Å². The van der Waals surface area contributed by atoms with Crippen molar-refractivity contribution in [3.05, 3.63) is 81.4 Å². The number of furan rings is 1. The third kappa shape index (κ3) is 4.83. The van der Waals surface area contributed by atoms with E-state index < -0.39 is 4.92 Å². The molecule has 1 aromatic heterocycles. The number of aliphatic imine (C=N–C) groups is 1. The number of methoxy groups -OCH3 is 1. The molecular formula is C24H21N3O5S. The van der Waals surface area contributed by atoms with Crippen molar-refractivity contribution in [2.75, 3.05) is 13.7 Å². The second-order valence-electron chi connectivity index (χ2n) is 7.14. The van der Waals surface area contributed by atoms with E-state index in [0.29, 0.717) is 39.5 Å². The number of benzene rings is 2. The van der Waals surface area contributed by atoms with Crippen molar-refractivity contribution in [1.82, 2.24) is 4.90 Å². The Hall–Kier alpha value is -3.85. The Bertz CT molecular complexity index is 1250. The molecule has 1 amide bonds. The van der Waals surface area contributed by atoms with Gasteiger partial charge in [0.15, 0.2) is 5.17 Å².